The number of likely N-dealkylation sites (tertiary alicyclic amines) is 1. The van der Waals surface area contributed by atoms with Gasteiger partial charge in [-0.05, 0) is 46.8 Å². The van der Waals surface area contributed by atoms with Gasteiger partial charge in [0.15, 0.2) is 0 Å². The van der Waals surface area contributed by atoms with Gasteiger partial charge in [0.1, 0.15) is 4.90 Å². The average Bonchev–Trinajstić information content (AvgIpc) is 2.88. The highest BCUT2D eigenvalue weighted by atomic mass is 32.2. The maximum atomic E-state index is 12.9. The Morgan fingerprint density at radius 3 is 2.17 bits per heavy atom. The molecule has 1 N–H and O–H groups in total. The number of aryl methyl sites for hydroxylation is 2. The number of aromatic amines is 1. The minimum absolute atomic E-state index is 0.352. The van der Waals surface area contributed by atoms with Gasteiger partial charge in [-0.15, -0.1) is 0 Å². The topological polar surface area (TPSA) is 72.5 Å². The highest BCUT2D eigenvalue weighted by Gasteiger charge is 2.34. The van der Waals surface area contributed by atoms with Gasteiger partial charge in [0.2, 0.25) is 10.0 Å². The largest absolute Gasteiger partial charge is 0.306 e. The first-order valence-corrected chi connectivity index (χ1v) is 9.78. The highest BCUT2D eigenvalue weighted by molar-refractivity contribution is 7.89. The molecule has 2 aliphatic rings. The Kier molecular flexibility index (Phi) is 4.78. The van der Waals surface area contributed by atoms with Gasteiger partial charge in [-0.1, -0.05) is 0 Å². The lowest BCUT2D eigenvalue weighted by molar-refractivity contribution is 0.0892. The maximum absolute atomic E-state index is 12.9. The summed E-state index contributed by atoms with van der Waals surface area (Å²) in [7, 11) is -1.28. The van der Waals surface area contributed by atoms with Crippen LogP contribution in [0.15, 0.2) is 4.90 Å². The van der Waals surface area contributed by atoms with Gasteiger partial charge in [-0.25, -0.2) is 8.42 Å². The van der Waals surface area contributed by atoms with Crippen molar-refractivity contribution in [2.75, 3.05) is 46.3 Å². The molecule has 7 nitrogen and oxygen atoms in total. The second-order valence-corrected chi connectivity index (χ2v) is 8.61. The van der Waals surface area contributed by atoms with Crippen molar-refractivity contribution in [2.24, 2.45) is 0 Å². The van der Waals surface area contributed by atoms with Crippen LogP contribution in [0, 0.1) is 13.8 Å². The van der Waals surface area contributed by atoms with E-state index >= 15 is 0 Å². The van der Waals surface area contributed by atoms with Crippen LogP contribution in [0.2, 0.25) is 0 Å². The van der Waals surface area contributed by atoms with Crippen molar-refractivity contribution < 1.29 is 8.42 Å². The maximum Gasteiger partial charge on any atom is 0.246 e. The Hall–Kier alpha value is -0.960. The zero-order valence-corrected chi connectivity index (χ0v) is 15.1. The summed E-state index contributed by atoms with van der Waals surface area (Å²) in [6.45, 7) is 8.56. The summed E-state index contributed by atoms with van der Waals surface area (Å²) in [5.41, 5.74) is 1.18. The molecule has 0 atom stereocenters. The molecule has 0 spiro atoms. The molecule has 2 fully saturated rings. The summed E-state index contributed by atoms with van der Waals surface area (Å²) in [6, 6.07) is 0.605. The normalized spacial score (nSPS) is 23.4. The molecular weight excluding hydrogens is 314 g/mol. The molecule has 0 bridgehead atoms. The lowest BCUT2D eigenvalue weighted by Gasteiger charge is -2.41. The molecule has 0 aromatic carbocycles. The zero-order chi connectivity index (χ0) is 16.6. The third-order valence-electron chi connectivity index (χ3n) is 5.14. The van der Waals surface area contributed by atoms with Crippen LogP contribution in [0.1, 0.15) is 24.2 Å². The van der Waals surface area contributed by atoms with E-state index in [4.69, 9.17) is 0 Å². The monoisotopic (exact) mass is 341 g/mol. The van der Waals surface area contributed by atoms with Gasteiger partial charge in [0.25, 0.3) is 0 Å². The summed E-state index contributed by atoms with van der Waals surface area (Å²) in [6.07, 6.45) is 2.37. The first kappa shape index (κ1) is 16.9. The number of nitrogens with one attached hydrogen (secondary N) is 1. The third kappa shape index (κ3) is 3.31. The van der Waals surface area contributed by atoms with Crippen LogP contribution in [-0.4, -0.2) is 85.1 Å². The van der Waals surface area contributed by atoms with E-state index < -0.39 is 10.0 Å². The van der Waals surface area contributed by atoms with Crippen molar-refractivity contribution in [3.63, 3.8) is 0 Å². The number of rotatable bonds is 3. The van der Waals surface area contributed by atoms with E-state index in [-0.39, 0.29) is 0 Å². The van der Waals surface area contributed by atoms with E-state index in [9.17, 15) is 8.42 Å². The van der Waals surface area contributed by atoms with Crippen LogP contribution in [-0.2, 0) is 10.0 Å². The standard InChI is InChI=1S/C15H27N5O2S/c1-12-15(13(2)17-16-12)23(21,22)20-10-8-19(9-11-20)14-4-6-18(3)7-5-14/h14H,4-11H2,1-3H3,(H,16,17). The van der Waals surface area contributed by atoms with Crippen LogP contribution in [0.25, 0.3) is 0 Å². The Balaban J connectivity index is 1.65. The first-order chi connectivity index (χ1) is 10.9. The number of nitrogens with zero attached hydrogens (tertiary/aromatic N) is 4. The quantitative estimate of drug-likeness (QED) is 0.863. The molecule has 8 heteroatoms. The smallest absolute Gasteiger partial charge is 0.246 e. The van der Waals surface area contributed by atoms with E-state index in [2.05, 4.69) is 27.0 Å². The van der Waals surface area contributed by atoms with Crippen LogP contribution in [0.4, 0.5) is 0 Å². The van der Waals surface area contributed by atoms with Gasteiger partial charge in [-0.2, -0.15) is 9.40 Å². The molecule has 0 aliphatic carbocycles. The zero-order valence-electron chi connectivity index (χ0n) is 14.2. The SMILES string of the molecule is Cc1n[nH]c(C)c1S(=O)(=O)N1CCN(C2CCN(C)CC2)CC1. The van der Waals surface area contributed by atoms with Crippen molar-refractivity contribution in [1.82, 2.24) is 24.3 Å². The fourth-order valence-corrected chi connectivity index (χ4v) is 5.47. The molecule has 0 amide bonds. The molecule has 3 heterocycles. The minimum atomic E-state index is -3.44. The van der Waals surface area contributed by atoms with Crippen molar-refractivity contribution in [2.45, 2.75) is 37.6 Å². The van der Waals surface area contributed by atoms with Crippen molar-refractivity contribution in [3.8, 4) is 0 Å². The van der Waals surface area contributed by atoms with Gasteiger partial charge in [0.05, 0.1) is 11.4 Å². The Morgan fingerprint density at radius 1 is 1.04 bits per heavy atom. The second-order valence-electron chi connectivity index (χ2n) is 6.74. The molecule has 1 aromatic heterocycles. The Morgan fingerprint density at radius 2 is 1.65 bits per heavy atom. The van der Waals surface area contributed by atoms with E-state index in [0.29, 0.717) is 35.4 Å². The van der Waals surface area contributed by atoms with Gasteiger partial charge in [-0.3, -0.25) is 10.00 Å². The molecule has 3 rings (SSSR count). The summed E-state index contributed by atoms with van der Waals surface area (Å²) < 4.78 is 27.3. The van der Waals surface area contributed by atoms with Gasteiger partial charge >= 0.3 is 0 Å². The second kappa shape index (κ2) is 6.51. The fraction of sp³-hybridized carbons (Fsp3) is 0.800. The fourth-order valence-electron chi connectivity index (χ4n) is 3.72. The summed E-state index contributed by atoms with van der Waals surface area (Å²) in [4.78, 5) is 5.18. The lowest BCUT2D eigenvalue weighted by Crippen LogP contribution is -2.54. The molecule has 2 aliphatic heterocycles. The van der Waals surface area contributed by atoms with Crippen molar-refractivity contribution in [3.05, 3.63) is 11.4 Å². The Bertz CT molecular complexity index is 621. The number of hydrogen-bond donors (Lipinski definition) is 1. The number of aromatic nitrogens is 2. The van der Waals surface area contributed by atoms with Crippen LogP contribution in [0.5, 0.6) is 0 Å². The van der Waals surface area contributed by atoms with Crippen LogP contribution < -0.4 is 0 Å². The predicted octanol–water partition coefficient (Wildman–Crippen LogP) is 0.427. The molecule has 130 valence electrons. The minimum Gasteiger partial charge on any atom is -0.306 e. The molecule has 2 saturated heterocycles. The summed E-state index contributed by atoms with van der Waals surface area (Å²) in [5, 5.41) is 6.80. The molecule has 1 aromatic rings. The van der Waals surface area contributed by atoms with E-state index in [1.807, 2.05) is 0 Å². The van der Waals surface area contributed by atoms with E-state index in [1.165, 1.54) is 12.8 Å². The van der Waals surface area contributed by atoms with E-state index in [1.54, 1.807) is 18.2 Å². The van der Waals surface area contributed by atoms with Gasteiger partial charge < -0.3 is 4.90 Å². The molecule has 23 heavy (non-hydrogen) atoms. The van der Waals surface area contributed by atoms with Gasteiger partial charge in [0, 0.05) is 32.2 Å². The van der Waals surface area contributed by atoms with Crippen LogP contribution in [0.3, 0.4) is 0 Å². The lowest BCUT2D eigenvalue weighted by atomic mass is 10.0. The van der Waals surface area contributed by atoms with Crippen molar-refractivity contribution in [1.29, 1.82) is 0 Å². The predicted molar refractivity (Wildman–Crippen MR) is 88.9 cm³/mol. The summed E-state index contributed by atoms with van der Waals surface area (Å²) in [5.74, 6) is 0. The number of piperazine rings is 1. The van der Waals surface area contributed by atoms with E-state index in [0.717, 1.165) is 26.2 Å². The third-order valence-corrected chi connectivity index (χ3v) is 7.30. The number of H-pyrrole nitrogens is 1. The summed E-state index contributed by atoms with van der Waals surface area (Å²) >= 11 is 0. The number of piperidine rings is 1. The first-order valence-electron chi connectivity index (χ1n) is 8.34. The highest BCUT2D eigenvalue weighted by Crippen LogP contribution is 2.24. The number of hydrogen-bond acceptors (Lipinski definition) is 5. The number of sulfonamides is 1. The average molecular weight is 341 g/mol. The molecule has 0 saturated carbocycles. The van der Waals surface area contributed by atoms with Crippen LogP contribution >= 0.6 is 0 Å². The molecular formula is C15H27N5O2S. The van der Waals surface area contributed by atoms with Crippen molar-refractivity contribution >= 4 is 10.0 Å². The Labute approximate surface area is 138 Å². The molecule has 0 unspecified atom stereocenters. The molecule has 0 radical (unpaired) electrons.